The number of aromatic nitrogens is 6. The van der Waals surface area contributed by atoms with Crippen LogP contribution in [0.15, 0.2) is 66.2 Å². The van der Waals surface area contributed by atoms with E-state index >= 15 is 0 Å². The monoisotopic (exact) mass is 346 g/mol. The fourth-order valence-electron chi connectivity index (χ4n) is 2.84. The summed E-state index contributed by atoms with van der Waals surface area (Å²) in [6, 6.07) is 9.57. The van der Waals surface area contributed by atoms with E-state index in [2.05, 4.69) is 15.2 Å². The van der Waals surface area contributed by atoms with Crippen LogP contribution in [0, 0.1) is 0 Å². The maximum atomic E-state index is 12.3. The quantitative estimate of drug-likeness (QED) is 0.566. The number of hydrogen-bond donors (Lipinski definition) is 0. The summed E-state index contributed by atoms with van der Waals surface area (Å²) >= 11 is 0. The Kier molecular flexibility index (Phi) is 3.96. The molecular weight excluding hydrogens is 328 g/mol. The standard InChI is InChI=1S/C19H18N6O/c1-23-12-18(20-13-23)15-5-3-4-14(8-15)9-17-19(26)6-7-25(22-17)16-10-21-24(2)11-16/h3-8,10-13H,9H2,1-2H3. The molecule has 0 amide bonds. The van der Waals surface area contributed by atoms with Crippen molar-refractivity contribution in [2.45, 2.75) is 6.42 Å². The minimum atomic E-state index is -0.0756. The Morgan fingerprint density at radius 1 is 1.12 bits per heavy atom. The topological polar surface area (TPSA) is 70.5 Å². The van der Waals surface area contributed by atoms with Gasteiger partial charge in [0, 0.05) is 44.5 Å². The number of aryl methyl sites for hydroxylation is 2. The molecule has 0 aliphatic rings. The number of benzene rings is 1. The van der Waals surface area contributed by atoms with Crippen LogP contribution in [0.2, 0.25) is 0 Å². The molecule has 0 aliphatic heterocycles. The summed E-state index contributed by atoms with van der Waals surface area (Å²) in [5.74, 6) is 0. The molecule has 0 saturated heterocycles. The summed E-state index contributed by atoms with van der Waals surface area (Å²) < 4.78 is 5.28. The van der Waals surface area contributed by atoms with Crippen molar-refractivity contribution >= 4 is 0 Å². The van der Waals surface area contributed by atoms with E-state index < -0.39 is 0 Å². The van der Waals surface area contributed by atoms with Crippen molar-refractivity contribution in [2.24, 2.45) is 14.1 Å². The van der Waals surface area contributed by atoms with E-state index in [-0.39, 0.29) is 5.43 Å². The lowest BCUT2D eigenvalue weighted by Gasteiger charge is -2.06. The molecule has 7 nitrogen and oxygen atoms in total. The molecule has 0 bridgehead atoms. The second kappa shape index (κ2) is 6.44. The zero-order valence-electron chi connectivity index (χ0n) is 14.6. The minimum absolute atomic E-state index is 0.0756. The van der Waals surface area contributed by atoms with Gasteiger partial charge in [-0.3, -0.25) is 9.48 Å². The molecule has 7 heteroatoms. The molecule has 0 spiro atoms. The minimum Gasteiger partial charge on any atom is -0.340 e. The van der Waals surface area contributed by atoms with Gasteiger partial charge in [0.1, 0.15) is 11.4 Å². The van der Waals surface area contributed by atoms with E-state index in [0.29, 0.717) is 12.1 Å². The first-order valence-corrected chi connectivity index (χ1v) is 8.24. The first-order valence-electron chi connectivity index (χ1n) is 8.24. The fourth-order valence-corrected chi connectivity index (χ4v) is 2.84. The zero-order chi connectivity index (χ0) is 18.1. The summed E-state index contributed by atoms with van der Waals surface area (Å²) in [5.41, 5.74) is 4.18. The van der Waals surface area contributed by atoms with Crippen molar-refractivity contribution < 1.29 is 0 Å². The summed E-state index contributed by atoms with van der Waals surface area (Å²) in [5, 5.41) is 8.63. The lowest BCUT2D eigenvalue weighted by atomic mass is 10.0. The van der Waals surface area contributed by atoms with Crippen molar-refractivity contribution in [3.8, 4) is 16.9 Å². The van der Waals surface area contributed by atoms with Crippen LogP contribution in [0.1, 0.15) is 11.3 Å². The predicted molar refractivity (Wildman–Crippen MR) is 98.1 cm³/mol. The summed E-state index contributed by atoms with van der Waals surface area (Å²) in [7, 11) is 3.78. The van der Waals surface area contributed by atoms with E-state index in [1.54, 1.807) is 28.1 Å². The van der Waals surface area contributed by atoms with Gasteiger partial charge in [-0.05, 0) is 11.6 Å². The van der Waals surface area contributed by atoms with Gasteiger partial charge in [0.2, 0.25) is 5.43 Å². The molecule has 0 aliphatic carbocycles. The van der Waals surface area contributed by atoms with Crippen LogP contribution in [0.5, 0.6) is 0 Å². The van der Waals surface area contributed by atoms with Gasteiger partial charge in [0.15, 0.2) is 0 Å². The van der Waals surface area contributed by atoms with Crippen LogP contribution < -0.4 is 5.43 Å². The van der Waals surface area contributed by atoms with E-state index in [0.717, 1.165) is 22.5 Å². The number of rotatable bonds is 4. The van der Waals surface area contributed by atoms with Crippen molar-refractivity contribution in [1.29, 1.82) is 0 Å². The van der Waals surface area contributed by atoms with Crippen molar-refractivity contribution in [1.82, 2.24) is 29.1 Å². The summed E-state index contributed by atoms with van der Waals surface area (Å²) in [6.45, 7) is 0. The Hall–Kier alpha value is -3.48. The average Bonchev–Trinajstić information content (AvgIpc) is 3.26. The molecule has 4 rings (SSSR count). The van der Waals surface area contributed by atoms with Gasteiger partial charge < -0.3 is 4.57 Å². The van der Waals surface area contributed by atoms with Crippen LogP contribution in [0.25, 0.3) is 16.9 Å². The molecule has 0 unspecified atom stereocenters. The van der Waals surface area contributed by atoms with Crippen LogP contribution >= 0.6 is 0 Å². The first kappa shape index (κ1) is 16.0. The Bertz CT molecular complexity index is 1120. The third kappa shape index (κ3) is 3.19. The zero-order valence-corrected chi connectivity index (χ0v) is 14.6. The highest BCUT2D eigenvalue weighted by atomic mass is 16.1. The van der Waals surface area contributed by atoms with Crippen LogP contribution in [0.3, 0.4) is 0 Å². The second-order valence-corrected chi connectivity index (χ2v) is 6.24. The Balaban J connectivity index is 1.66. The fraction of sp³-hybridized carbons (Fsp3) is 0.158. The van der Waals surface area contributed by atoms with E-state index in [4.69, 9.17) is 0 Å². The maximum Gasteiger partial charge on any atom is 0.203 e. The SMILES string of the molecule is Cn1cnc(-c2cccc(Cc3nn(-c4cnn(C)c4)ccc3=O)c2)c1. The molecular formula is C19H18N6O. The van der Waals surface area contributed by atoms with Gasteiger partial charge in [-0.2, -0.15) is 10.2 Å². The number of imidazole rings is 1. The maximum absolute atomic E-state index is 12.3. The molecule has 0 atom stereocenters. The van der Waals surface area contributed by atoms with E-state index in [9.17, 15) is 4.79 Å². The van der Waals surface area contributed by atoms with Crippen molar-refractivity contribution in [3.63, 3.8) is 0 Å². The van der Waals surface area contributed by atoms with E-state index in [1.165, 1.54) is 6.07 Å². The molecule has 1 aromatic carbocycles. The first-order chi connectivity index (χ1) is 12.6. The molecule has 130 valence electrons. The van der Waals surface area contributed by atoms with Gasteiger partial charge in [0.25, 0.3) is 0 Å². The van der Waals surface area contributed by atoms with Gasteiger partial charge in [-0.25, -0.2) is 9.67 Å². The highest BCUT2D eigenvalue weighted by molar-refractivity contribution is 5.59. The highest BCUT2D eigenvalue weighted by Gasteiger charge is 2.08. The molecule has 3 heterocycles. The molecule has 0 radical (unpaired) electrons. The smallest absolute Gasteiger partial charge is 0.203 e. The Labute approximate surface area is 150 Å². The Morgan fingerprint density at radius 3 is 2.73 bits per heavy atom. The third-order valence-electron chi connectivity index (χ3n) is 4.13. The van der Waals surface area contributed by atoms with Gasteiger partial charge >= 0.3 is 0 Å². The highest BCUT2D eigenvalue weighted by Crippen LogP contribution is 2.19. The normalized spacial score (nSPS) is 11.0. The Morgan fingerprint density at radius 2 is 2.00 bits per heavy atom. The number of nitrogens with zero attached hydrogens (tertiary/aromatic N) is 6. The predicted octanol–water partition coefficient (Wildman–Crippen LogP) is 1.96. The molecule has 0 fully saturated rings. The van der Waals surface area contributed by atoms with Crippen LogP contribution in [0.4, 0.5) is 0 Å². The molecule has 3 aromatic heterocycles. The molecule has 0 saturated carbocycles. The van der Waals surface area contributed by atoms with Gasteiger partial charge in [-0.15, -0.1) is 0 Å². The van der Waals surface area contributed by atoms with Gasteiger partial charge in [-0.1, -0.05) is 18.2 Å². The summed E-state index contributed by atoms with van der Waals surface area (Å²) in [4.78, 5) is 16.6. The van der Waals surface area contributed by atoms with Crippen LogP contribution in [-0.4, -0.2) is 29.1 Å². The van der Waals surface area contributed by atoms with Crippen molar-refractivity contribution in [3.05, 3.63) is 82.9 Å². The summed E-state index contributed by atoms with van der Waals surface area (Å²) in [6.07, 6.45) is 9.42. The third-order valence-corrected chi connectivity index (χ3v) is 4.13. The largest absolute Gasteiger partial charge is 0.340 e. The average molecular weight is 346 g/mol. The lowest BCUT2D eigenvalue weighted by molar-refractivity contribution is 0.762. The van der Waals surface area contributed by atoms with Crippen molar-refractivity contribution in [2.75, 3.05) is 0 Å². The second-order valence-electron chi connectivity index (χ2n) is 6.24. The number of hydrogen-bond acceptors (Lipinski definition) is 4. The molecule has 0 N–H and O–H groups in total. The molecule has 26 heavy (non-hydrogen) atoms. The van der Waals surface area contributed by atoms with Gasteiger partial charge in [0.05, 0.1) is 24.4 Å². The van der Waals surface area contributed by atoms with E-state index in [1.807, 2.05) is 55.3 Å². The lowest BCUT2D eigenvalue weighted by Crippen LogP contribution is -2.16. The molecule has 4 aromatic rings. The van der Waals surface area contributed by atoms with Crippen LogP contribution in [-0.2, 0) is 20.5 Å².